The molecular formula is C12H15N3O. The standard InChI is InChI=1S/C12H15N3O/c1-8-7-13-9-5-6-10(16)15(11(9)14-8)12(2,3)4/h5-7H,1-4H3. The Morgan fingerprint density at radius 1 is 1.25 bits per heavy atom. The van der Waals surface area contributed by atoms with Gasteiger partial charge in [0.25, 0.3) is 5.56 Å². The van der Waals surface area contributed by atoms with Crippen LogP contribution in [0.25, 0.3) is 11.2 Å². The molecule has 0 atom stereocenters. The Labute approximate surface area is 94.0 Å². The number of rotatable bonds is 0. The van der Waals surface area contributed by atoms with E-state index in [1.807, 2.05) is 27.7 Å². The van der Waals surface area contributed by atoms with E-state index in [9.17, 15) is 4.79 Å². The third-order valence-corrected chi connectivity index (χ3v) is 2.39. The smallest absolute Gasteiger partial charge is 0.252 e. The third-order valence-electron chi connectivity index (χ3n) is 2.39. The van der Waals surface area contributed by atoms with Crippen LogP contribution in [0.1, 0.15) is 26.5 Å². The van der Waals surface area contributed by atoms with Crippen LogP contribution >= 0.6 is 0 Å². The van der Waals surface area contributed by atoms with Crippen molar-refractivity contribution in [3.8, 4) is 0 Å². The monoisotopic (exact) mass is 217 g/mol. The SMILES string of the molecule is Cc1cnc2ccc(=O)n(C(C)(C)C)c2n1. The van der Waals surface area contributed by atoms with Crippen LogP contribution in [0.2, 0.25) is 0 Å². The van der Waals surface area contributed by atoms with Gasteiger partial charge in [0.05, 0.1) is 5.69 Å². The van der Waals surface area contributed by atoms with Crippen molar-refractivity contribution < 1.29 is 0 Å². The fraction of sp³-hybridized carbons (Fsp3) is 0.417. The second kappa shape index (κ2) is 3.40. The number of hydrogen-bond acceptors (Lipinski definition) is 3. The highest BCUT2D eigenvalue weighted by molar-refractivity contribution is 5.70. The van der Waals surface area contributed by atoms with Crippen molar-refractivity contribution in [2.24, 2.45) is 0 Å². The largest absolute Gasteiger partial charge is 0.286 e. The minimum Gasteiger partial charge on any atom is -0.286 e. The molecule has 84 valence electrons. The maximum atomic E-state index is 11.9. The van der Waals surface area contributed by atoms with Crippen LogP contribution in [0.15, 0.2) is 23.1 Å². The van der Waals surface area contributed by atoms with E-state index in [0.717, 1.165) is 11.2 Å². The van der Waals surface area contributed by atoms with Gasteiger partial charge in [-0.1, -0.05) is 0 Å². The molecule has 4 heteroatoms. The first-order chi connectivity index (χ1) is 7.39. The van der Waals surface area contributed by atoms with Crippen LogP contribution in [-0.2, 0) is 5.54 Å². The van der Waals surface area contributed by atoms with E-state index in [1.54, 1.807) is 16.8 Å². The molecule has 0 bridgehead atoms. The molecule has 0 saturated carbocycles. The zero-order valence-corrected chi connectivity index (χ0v) is 9.98. The van der Waals surface area contributed by atoms with Crippen molar-refractivity contribution in [1.29, 1.82) is 0 Å². The molecule has 4 nitrogen and oxygen atoms in total. The van der Waals surface area contributed by atoms with Gasteiger partial charge in [0, 0.05) is 17.8 Å². The Hall–Kier alpha value is -1.71. The minimum absolute atomic E-state index is 0.0418. The molecule has 0 spiro atoms. The highest BCUT2D eigenvalue weighted by Gasteiger charge is 2.18. The molecule has 0 saturated heterocycles. The number of nitrogens with zero attached hydrogens (tertiary/aromatic N) is 3. The van der Waals surface area contributed by atoms with E-state index in [0.29, 0.717) is 5.65 Å². The Balaban J connectivity index is 2.94. The van der Waals surface area contributed by atoms with E-state index < -0.39 is 0 Å². The Morgan fingerprint density at radius 3 is 2.56 bits per heavy atom. The number of pyridine rings is 1. The predicted molar refractivity (Wildman–Crippen MR) is 63.5 cm³/mol. The summed E-state index contributed by atoms with van der Waals surface area (Å²) in [5, 5.41) is 0. The third kappa shape index (κ3) is 1.71. The molecule has 0 N–H and O–H groups in total. The van der Waals surface area contributed by atoms with Crippen molar-refractivity contribution in [1.82, 2.24) is 14.5 Å². The molecule has 0 aliphatic heterocycles. The summed E-state index contributed by atoms with van der Waals surface area (Å²) >= 11 is 0. The van der Waals surface area contributed by atoms with Gasteiger partial charge in [0.2, 0.25) is 0 Å². The highest BCUT2D eigenvalue weighted by atomic mass is 16.1. The van der Waals surface area contributed by atoms with Gasteiger partial charge in [-0.3, -0.25) is 14.3 Å². The highest BCUT2D eigenvalue weighted by Crippen LogP contribution is 2.16. The Morgan fingerprint density at radius 2 is 1.94 bits per heavy atom. The summed E-state index contributed by atoms with van der Waals surface area (Å²) in [6.45, 7) is 7.82. The maximum Gasteiger partial charge on any atom is 0.252 e. The number of hydrogen-bond donors (Lipinski definition) is 0. The topological polar surface area (TPSA) is 47.8 Å². The summed E-state index contributed by atoms with van der Waals surface area (Å²) in [6, 6.07) is 3.25. The number of fused-ring (bicyclic) bond motifs is 1. The summed E-state index contributed by atoms with van der Waals surface area (Å²) in [5.74, 6) is 0. The van der Waals surface area contributed by atoms with Gasteiger partial charge < -0.3 is 0 Å². The molecule has 0 fully saturated rings. The van der Waals surface area contributed by atoms with Gasteiger partial charge in [0.15, 0.2) is 5.65 Å². The molecular weight excluding hydrogens is 202 g/mol. The van der Waals surface area contributed by atoms with Gasteiger partial charge in [0.1, 0.15) is 5.52 Å². The van der Waals surface area contributed by atoms with Gasteiger partial charge >= 0.3 is 0 Å². The minimum atomic E-state index is -0.293. The average molecular weight is 217 g/mol. The quantitative estimate of drug-likeness (QED) is 0.676. The Bertz CT molecular complexity index is 593. The van der Waals surface area contributed by atoms with Crippen LogP contribution in [0.5, 0.6) is 0 Å². The first-order valence-corrected chi connectivity index (χ1v) is 5.25. The first-order valence-electron chi connectivity index (χ1n) is 5.25. The zero-order valence-electron chi connectivity index (χ0n) is 9.98. The van der Waals surface area contributed by atoms with Crippen LogP contribution in [-0.4, -0.2) is 14.5 Å². The first kappa shape index (κ1) is 10.8. The van der Waals surface area contributed by atoms with Gasteiger partial charge in [-0.2, -0.15) is 0 Å². The van der Waals surface area contributed by atoms with E-state index >= 15 is 0 Å². The summed E-state index contributed by atoms with van der Waals surface area (Å²) in [4.78, 5) is 20.6. The fourth-order valence-corrected chi connectivity index (χ4v) is 1.73. The normalized spacial score (nSPS) is 12.0. The number of aromatic nitrogens is 3. The van der Waals surface area contributed by atoms with Gasteiger partial charge in [-0.15, -0.1) is 0 Å². The molecule has 16 heavy (non-hydrogen) atoms. The molecule has 0 amide bonds. The lowest BCUT2D eigenvalue weighted by Crippen LogP contribution is -2.34. The molecule has 0 aliphatic rings. The molecule has 2 heterocycles. The average Bonchev–Trinajstić information content (AvgIpc) is 2.14. The van der Waals surface area contributed by atoms with Crippen molar-refractivity contribution in [2.75, 3.05) is 0 Å². The van der Waals surface area contributed by atoms with Crippen LogP contribution in [0.3, 0.4) is 0 Å². The number of aryl methyl sites for hydroxylation is 1. The van der Waals surface area contributed by atoms with Crippen LogP contribution in [0, 0.1) is 6.92 Å². The maximum absolute atomic E-state index is 11.9. The Kier molecular flexibility index (Phi) is 2.30. The van der Waals surface area contributed by atoms with E-state index in [4.69, 9.17) is 0 Å². The van der Waals surface area contributed by atoms with Gasteiger partial charge in [-0.05, 0) is 33.8 Å². The van der Waals surface area contributed by atoms with Crippen molar-refractivity contribution in [3.05, 3.63) is 34.4 Å². The van der Waals surface area contributed by atoms with Gasteiger partial charge in [-0.25, -0.2) is 4.98 Å². The van der Waals surface area contributed by atoms with E-state index in [1.165, 1.54) is 6.07 Å². The van der Waals surface area contributed by atoms with Crippen molar-refractivity contribution >= 4 is 11.2 Å². The molecule has 2 aromatic rings. The lowest BCUT2D eigenvalue weighted by molar-refractivity contribution is 0.395. The molecule has 0 unspecified atom stereocenters. The summed E-state index contributed by atoms with van der Waals surface area (Å²) in [7, 11) is 0. The molecule has 0 aliphatic carbocycles. The zero-order chi connectivity index (χ0) is 11.9. The summed E-state index contributed by atoms with van der Waals surface area (Å²) in [6.07, 6.45) is 1.71. The summed E-state index contributed by atoms with van der Waals surface area (Å²) in [5.41, 5.74) is 1.88. The fourth-order valence-electron chi connectivity index (χ4n) is 1.73. The van der Waals surface area contributed by atoms with Crippen LogP contribution < -0.4 is 5.56 Å². The lowest BCUT2D eigenvalue weighted by atomic mass is 10.1. The molecule has 2 rings (SSSR count). The second-order valence-corrected chi connectivity index (χ2v) is 4.90. The molecule has 2 aromatic heterocycles. The second-order valence-electron chi connectivity index (χ2n) is 4.90. The van der Waals surface area contributed by atoms with E-state index in [2.05, 4.69) is 9.97 Å². The van der Waals surface area contributed by atoms with Crippen molar-refractivity contribution in [2.45, 2.75) is 33.2 Å². The lowest BCUT2D eigenvalue weighted by Gasteiger charge is -2.23. The van der Waals surface area contributed by atoms with E-state index in [-0.39, 0.29) is 11.1 Å². The predicted octanol–water partition coefficient (Wildman–Crippen LogP) is 1.85. The van der Waals surface area contributed by atoms with Crippen LogP contribution in [0.4, 0.5) is 0 Å². The molecule has 0 radical (unpaired) electrons. The molecule has 0 aromatic carbocycles. The van der Waals surface area contributed by atoms with Crippen molar-refractivity contribution in [3.63, 3.8) is 0 Å². The summed E-state index contributed by atoms with van der Waals surface area (Å²) < 4.78 is 1.68.